The Labute approximate surface area is 121 Å². The van der Waals surface area contributed by atoms with Gasteiger partial charge in [-0.25, -0.2) is 4.98 Å². The number of nitrogens with one attached hydrogen (secondary N) is 1. The molecule has 1 aromatic heterocycles. The van der Waals surface area contributed by atoms with Crippen LogP contribution in [0, 0.1) is 6.92 Å². The summed E-state index contributed by atoms with van der Waals surface area (Å²) in [6, 6.07) is 7.21. The van der Waals surface area contributed by atoms with Crippen molar-refractivity contribution in [1.29, 1.82) is 0 Å². The summed E-state index contributed by atoms with van der Waals surface area (Å²) >= 11 is 7.31. The first kappa shape index (κ1) is 14.0. The van der Waals surface area contributed by atoms with E-state index in [1.54, 1.807) is 23.5 Å². The first-order valence-corrected chi connectivity index (χ1v) is 7.33. The summed E-state index contributed by atoms with van der Waals surface area (Å²) in [5.41, 5.74) is 1.64. The van der Waals surface area contributed by atoms with E-state index in [0.717, 1.165) is 15.4 Å². The number of thiazole rings is 1. The predicted octanol–water partition coefficient (Wildman–Crippen LogP) is 3.68. The number of rotatable bonds is 4. The second-order valence-corrected chi connectivity index (χ2v) is 5.87. The van der Waals surface area contributed by atoms with Crippen LogP contribution in [0.15, 0.2) is 30.5 Å². The van der Waals surface area contributed by atoms with E-state index in [2.05, 4.69) is 10.3 Å². The third-order valence-corrected chi connectivity index (χ3v) is 4.13. The van der Waals surface area contributed by atoms with Gasteiger partial charge in [-0.15, -0.1) is 22.9 Å². The quantitative estimate of drug-likeness (QED) is 0.874. The minimum Gasteiger partial charge on any atom is -0.343 e. The molecule has 1 N–H and O–H groups in total. The standard InChI is InChI=1S/C14H15ClN2OS/c1-9-8-16-14(19-9)10(2)17-13(18)12-5-3-11(7-15)4-6-12/h3-6,8,10H,7H2,1-2H3,(H,17,18). The highest BCUT2D eigenvalue weighted by Gasteiger charge is 2.13. The monoisotopic (exact) mass is 294 g/mol. The van der Waals surface area contributed by atoms with Crippen LogP contribution in [0.1, 0.15) is 38.8 Å². The summed E-state index contributed by atoms with van der Waals surface area (Å²) in [5.74, 6) is 0.359. The van der Waals surface area contributed by atoms with Gasteiger partial charge >= 0.3 is 0 Å². The number of aryl methyl sites for hydroxylation is 1. The van der Waals surface area contributed by atoms with Crippen LogP contribution in [0.2, 0.25) is 0 Å². The zero-order valence-electron chi connectivity index (χ0n) is 10.8. The summed E-state index contributed by atoms with van der Waals surface area (Å²) in [4.78, 5) is 17.5. The average Bonchev–Trinajstić information content (AvgIpc) is 2.85. The molecular formula is C14H15ClN2OS. The Morgan fingerprint density at radius 3 is 2.63 bits per heavy atom. The predicted molar refractivity (Wildman–Crippen MR) is 78.7 cm³/mol. The molecule has 0 fully saturated rings. The highest BCUT2D eigenvalue weighted by Crippen LogP contribution is 2.19. The number of amides is 1. The van der Waals surface area contributed by atoms with Gasteiger partial charge in [0.05, 0.1) is 6.04 Å². The highest BCUT2D eigenvalue weighted by molar-refractivity contribution is 7.11. The Kier molecular flexibility index (Phi) is 4.56. The molecule has 0 aliphatic heterocycles. The van der Waals surface area contributed by atoms with Crippen molar-refractivity contribution in [3.63, 3.8) is 0 Å². The van der Waals surface area contributed by atoms with Gasteiger partial charge in [0.1, 0.15) is 5.01 Å². The maximum absolute atomic E-state index is 12.1. The number of carbonyl (C=O) groups is 1. The molecule has 0 spiro atoms. The zero-order valence-corrected chi connectivity index (χ0v) is 12.4. The van der Waals surface area contributed by atoms with E-state index in [1.807, 2.05) is 32.2 Å². The molecule has 1 heterocycles. The van der Waals surface area contributed by atoms with Crippen LogP contribution in [0.4, 0.5) is 0 Å². The van der Waals surface area contributed by atoms with Crippen LogP contribution in [0.3, 0.4) is 0 Å². The van der Waals surface area contributed by atoms with Gasteiger partial charge in [0, 0.05) is 22.5 Å². The van der Waals surface area contributed by atoms with Crippen molar-refractivity contribution in [3.8, 4) is 0 Å². The Bertz CT molecular complexity index is 565. The summed E-state index contributed by atoms with van der Waals surface area (Å²) in [6.07, 6.45) is 1.82. The molecule has 3 nitrogen and oxygen atoms in total. The maximum atomic E-state index is 12.1. The van der Waals surface area contributed by atoms with Crippen molar-refractivity contribution >= 4 is 28.8 Å². The lowest BCUT2D eigenvalue weighted by Crippen LogP contribution is -2.26. The van der Waals surface area contributed by atoms with Crippen molar-refractivity contribution in [2.45, 2.75) is 25.8 Å². The molecule has 0 aliphatic rings. The van der Waals surface area contributed by atoms with E-state index in [0.29, 0.717) is 11.4 Å². The maximum Gasteiger partial charge on any atom is 0.251 e. The van der Waals surface area contributed by atoms with E-state index in [9.17, 15) is 4.79 Å². The highest BCUT2D eigenvalue weighted by atomic mass is 35.5. The van der Waals surface area contributed by atoms with E-state index in [1.165, 1.54) is 0 Å². The van der Waals surface area contributed by atoms with Crippen molar-refractivity contribution in [2.24, 2.45) is 0 Å². The molecule has 100 valence electrons. The van der Waals surface area contributed by atoms with Crippen LogP contribution < -0.4 is 5.32 Å². The number of carbonyl (C=O) groups excluding carboxylic acids is 1. The van der Waals surface area contributed by atoms with Gasteiger partial charge in [0.15, 0.2) is 0 Å². The van der Waals surface area contributed by atoms with Gasteiger partial charge in [-0.2, -0.15) is 0 Å². The number of aromatic nitrogens is 1. The number of halogens is 1. The van der Waals surface area contributed by atoms with E-state index >= 15 is 0 Å². The number of hydrogen-bond acceptors (Lipinski definition) is 3. The van der Waals surface area contributed by atoms with Crippen LogP contribution >= 0.6 is 22.9 Å². The van der Waals surface area contributed by atoms with Gasteiger partial charge in [-0.05, 0) is 31.5 Å². The lowest BCUT2D eigenvalue weighted by molar-refractivity contribution is 0.0940. The third-order valence-electron chi connectivity index (χ3n) is 2.73. The summed E-state index contributed by atoms with van der Waals surface area (Å²) < 4.78 is 0. The first-order chi connectivity index (χ1) is 9.10. The molecule has 5 heteroatoms. The Balaban J connectivity index is 2.03. The van der Waals surface area contributed by atoms with Gasteiger partial charge in [0.2, 0.25) is 0 Å². The molecule has 2 aromatic rings. The molecule has 0 saturated heterocycles. The molecular weight excluding hydrogens is 280 g/mol. The third kappa shape index (κ3) is 3.55. The van der Waals surface area contributed by atoms with Crippen molar-refractivity contribution in [2.75, 3.05) is 0 Å². The first-order valence-electron chi connectivity index (χ1n) is 5.98. The molecule has 1 unspecified atom stereocenters. The molecule has 2 rings (SSSR count). The zero-order chi connectivity index (χ0) is 13.8. The topological polar surface area (TPSA) is 42.0 Å². The van der Waals surface area contributed by atoms with Crippen LogP contribution in [-0.2, 0) is 5.88 Å². The summed E-state index contributed by atoms with van der Waals surface area (Å²) in [6.45, 7) is 3.93. The lowest BCUT2D eigenvalue weighted by Gasteiger charge is -2.11. The second-order valence-electron chi connectivity index (χ2n) is 4.33. The number of benzene rings is 1. The van der Waals surface area contributed by atoms with Gasteiger partial charge in [-0.1, -0.05) is 12.1 Å². The molecule has 0 radical (unpaired) electrons. The fraction of sp³-hybridized carbons (Fsp3) is 0.286. The number of nitrogens with zero attached hydrogens (tertiary/aromatic N) is 1. The van der Waals surface area contributed by atoms with E-state index < -0.39 is 0 Å². The van der Waals surface area contributed by atoms with Gasteiger partial charge in [0.25, 0.3) is 5.91 Å². The van der Waals surface area contributed by atoms with Crippen molar-refractivity contribution in [1.82, 2.24) is 10.3 Å². The molecule has 0 bridgehead atoms. The van der Waals surface area contributed by atoms with Crippen molar-refractivity contribution < 1.29 is 4.79 Å². The van der Waals surface area contributed by atoms with E-state index in [4.69, 9.17) is 11.6 Å². The largest absolute Gasteiger partial charge is 0.343 e. The Morgan fingerprint density at radius 2 is 2.11 bits per heavy atom. The summed E-state index contributed by atoms with van der Waals surface area (Å²) in [5, 5.41) is 3.86. The fourth-order valence-electron chi connectivity index (χ4n) is 1.66. The van der Waals surface area contributed by atoms with Gasteiger partial charge < -0.3 is 5.32 Å². The van der Waals surface area contributed by atoms with Crippen LogP contribution in [0.5, 0.6) is 0 Å². The van der Waals surface area contributed by atoms with Gasteiger partial charge in [-0.3, -0.25) is 4.79 Å². The van der Waals surface area contributed by atoms with Crippen molar-refractivity contribution in [3.05, 3.63) is 51.5 Å². The second kappa shape index (κ2) is 6.17. The minimum atomic E-state index is -0.0959. The van der Waals surface area contributed by atoms with Crippen LogP contribution in [0.25, 0.3) is 0 Å². The van der Waals surface area contributed by atoms with E-state index in [-0.39, 0.29) is 11.9 Å². The minimum absolute atomic E-state index is 0.0843. The van der Waals surface area contributed by atoms with Crippen LogP contribution in [-0.4, -0.2) is 10.9 Å². The SMILES string of the molecule is Cc1cnc(C(C)NC(=O)c2ccc(CCl)cc2)s1. The molecule has 19 heavy (non-hydrogen) atoms. The number of alkyl halides is 1. The lowest BCUT2D eigenvalue weighted by atomic mass is 10.1. The fourth-order valence-corrected chi connectivity index (χ4v) is 2.61. The Hall–Kier alpha value is -1.39. The smallest absolute Gasteiger partial charge is 0.251 e. The molecule has 1 amide bonds. The molecule has 0 aliphatic carbocycles. The average molecular weight is 295 g/mol. The Morgan fingerprint density at radius 1 is 1.42 bits per heavy atom. The summed E-state index contributed by atoms with van der Waals surface area (Å²) in [7, 11) is 0. The normalized spacial score (nSPS) is 12.2. The molecule has 1 aromatic carbocycles. The molecule has 0 saturated carbocycles. The molecule has 1 atom stereocenters. The number of hydrogen-bond donors (Lipinski definition) is 1.